The van der Waals surface area contributed by atoms with Crippen molar-refractivity contribution in [1.82, 2.24) is 0 Å². The fourth-order valence-corrected chi connectivity index (χ4v) is 3.28. The second kappa shape index (κ2) is 7.54. The summed E-state index contributed by atoms with van der Waals surface area (Å²) >= 11 is 3.26. The summed E-state index contributed by atoms with van der Waals surface area (Å²) in [6, 6.07) is 7.26. The van der Waals surface area contributed by atoms with Crippen LogP contribution < -0.4 is 4.74 Å². The van der Waals surface area contributed by atoms with Crippen molar-refractivity contribution in [2.24, 2.45) is 0 Å². The van der Waals surface area contributed by atoms with E-state index in [-0.39, 0.29) is 5.78 Å². The van der Waals surface area contributed by atoms with Crippen molar-refractivity contribution < 1.29 is 9.53 Å². The maximum absolute atomic E-state index is 12.4. The number of hydrogen-bond acceptors (Lipinski definition) is 4. The van der Waals surface area contributed by atoms with Crippen LogP contribution in [0.1, 0.15) is 23.7 Å². The third-order valence-electron chi connectivity index (χ3n) is 2.60. The van der Waals surface area contributed by atoms with Gasteiger partial charge < -0.3 is 4.74 Å². The SMILES string of the molecule is CCC(C(=O)c1ccc(OC)cc1)=C(SC)SC. The lowest BCUT2D eigenvalue weighted by Gasteiger charge is -2.09. The number of benzene rings is 1. The highest BCUT2D eigenvalue weighted by atomic mass is 32.2. The third kappa shape index (κ3) is 3.56. The van der Waals surface area contributed by atoms with Crippen molar-refractivity contribution in [3.05, 3.63) is 39.6 Å². The molecule has 0 heterocycles. The Morgan fingerprint density at radius 1 is 1.17 bits per heavy atom. The second-order valence-corrected chi connectivity index (χ2v) is 5.48. The fraction of sp³-hybridized carbons (Fsp3) is 0.357. The zero-order valence-electron chi connectivity index (χ0n) is 11.1. The fourth-order valence-electron chi connectivity index (χ4n) is 1.64. The first-order valence-electron chi connectivity index (χ1n) is 5.67. The normalized spacial score (nSPS) is 10.0. The van der Waals surface area contributed by atoms with Crippen LogP contribution in [0.25, 0.3) is 0 Å². The van der Waals surface area contributed by atoms with Crippen LogP contribution in [-0.2, 0) is 0 Å². The van der Waals surface area contributed by atoms with Crippen LogP contribution in [0.2, 0.25) is 0 Å². The number of methoxy groups -OCH3 is 1. The van der Waals surface area contributed by atoms with E-state index in [1.165, 1.54) is 0 Å². The van der Waals surface area contributed by atoms with E-state index in [0.29, 0.717) is 5.56 Å². The number of thioether (sulfide) groups is 2. The molecule has 0 aliphatic rings. The molecule has 0 spiro atoms. The van der Waals surface area contributed by atoms with Gasteiger partial charge in [0, 0.05) is 15.4 Å². The summed E-state index contributed by atoms with van der Waals surface area (Å²) < 4.78 is 6.19. The first-order chi connectivity index (χ1) is 8.67. The van der Waals surface area contributed by atoms with Gasteiger partial charge in [-0.15, -0.1) is 23.5 Å². The summed E-state index contributed by atoms with van der Waals surface area (Å²) in [6.45, 7) is 2.02. The van der Waals surface area contributed by atoms with Gasteiger partial charge >= 0.3 is 0 Å². The van der Waals surface area contributed by atoms with Crippen LogP contribution in [0, 0.1) is 0 Å². The van der Waals surface area contributed by atoms with Gasteiger partial charge in [0.05, 0.1) is 7.11 Å². The Kier molecular flexibility index (Phi) is 6.36. The molecule has 0 N–H and O–H groups in total. The van der Waals surface area contributed by atoms with Gasteiger partial charge in [-0.3, -0.25) is 4.79 Å². The molecule has 1 aromatic rings. The predicted molar refractivity (Wildman–Crippen MR) is 81.7 cm³/mol. The first kappa shape index (κ1) is 15.2. The molecule has 2 nitrogen and oxygen atoms in total. The van der Waals surface area contributed by atoms with Gasteiger partial charge in [-0.25, -0.2) is 0 Å². The zero-order chi connectivity index (χ0) is 13.5. The van der Waals surface area contributed by atoms with Crippen molar-refractivity contribution in [3.63, 3.8) is 0 Å². The van der Waals surface area contributed by atoms with Crippen LogP contribution in [0.5, 0.6) is 5.75 Å². The number of allylic oxidation sites excluding steroid dienone is 1. The van der Waals surface area contributed by atoms with Gasteiger partial charge in [0.15, 0.2) is 5.78 Å². The number of carbonyl (C=O) groups excluding carboxylic acids is 1. The van der Waals surface area contributed by atoms with Gasteiger partial charge in [0.25, 0.3) is 0 Å². The van der Waals surface area contributed by atoms with Crippen LogP contribution >= 0.6 is 23.5 Å². The molecule has 0 unspecified atom stereocenters. The van der Waals surface area contributed by atoms with Gasteiger partial charge in [-0.1, -0.05) is 6.92 Å². The van der Waals surface area contributed by atoms with Crippen LogP contribution in [0.15, 0.2) is 34.1 Å². The minimum Gasteiger partial charge on any atom is -0.497 e. The number of Topliss-reactive ketones (excluding diaryl/α,β-unsaturated/α-hetero) is 1. The van der Waals surface area contributed by atoms with Crippen molar-refractivity contribution in [2.75, 3.05) is 19.6 Å². The molecule has 98 valence electrons. The van der Waals surface area contributed by atoms with Crippen molar-refractivity contribution in [2.45, 2.75) is 13.3 Å². The highest BCUT2D eigenvalue weighted by molar-refractivity contribution is 8.21. The highest BCUT2D eigenvalue weighted by Crippen LogP contribution is 2.31. The molecule has 0 aliphatic carbocycles. The molecule has 18 heavy (non-hydrogen) atoms. The van der Waals surface area contributed by atoms with Crippen molar-refractivity contribution in [1.29, 1.82) is 0 Å². The zero-order valence-corrected chi connectivity index (χ0v) is 12.8. The topological polar surface area (TPSA) is 26.3 Å². The summed E-state index contributed by atoms with van der Waals surface area (Å²) in [6.07, 6.45) is 4.76. The third-order valence-corrected chi connectivity index (χ3v) is 4.83. The molecule has 0 aliphatic heterocycles. The number of ether oxygens (including phenoxy) is 1. The smallest absolute Gasteiger partial charge is 0.190 e. The molecular formula is C14H18O2S2. The molecule has 1 rings (SSSR count). The molecule has 0 bridgehead atoms. The van der Waals surface area contributed by atoms with E-state index >= 15 is 0 Å². The summed E-state index contributed by atoms with van der Waals surface area (Å²) in [7, 11) is 1.62. The molecule has 0 atom stereocenters. The van der Waals surface area contributed by atoms with Gasteiger partial charge in [-0.2, -0.15) is 0 Å². The Morgan fingerprint density at radius 2 is 1.72 bits per heavy atom. The number of ketones is 1. The second-order valence-electron chi connectivity index (χ2n) is 3.59. The quantitative estimate of drug-likeness (QED) is 0.576. The minimum atomic E-state index is 0.110. The van der Waals surface area contributed by atoms with E-state index < -0.39 is 0 Å². The minimum absolute atomic E-state index is 0.110. The Balaban J connectivity index is 3.07. The van der Waals surface area contributed by atoms with E-state index in [2.05, 4.69) is 0 Å². The lowest BCUT2D eigenvalue weighted by Crippen LogP contribution is -2.04. The van der Waals surface area contributed by atoms with Crippen LogP contribution in [0.4, 0.5) is 0 Å². The maximum atomic E-state index is 12.4. The van der Waals surface area contributed by atoms with Crippen molar-refractivity contribution >= 4 is 29.3 Å². The molecule has 4 heteroatoms. The van der Waals surface area contributed by atoms with Gasteiger partial charge in [0.2, 0.25) is 0 Å². The molecule has 0 saturated heterocycles. The van der Waals surface area contributed by atoms with Gasteiger partial charge in [-0.05, 0) is 43.2 Å². The van der Waals surface area contributed by atoms with Crippen molar-refractivity contribution in [3.8, 4) is 5.75 Å². The summed E-state index contributed by atoms with van der Waals surface area (Å²) in [4.78, 5) is 12.4. The molecule has 0 radical (unpaired) electrons. The average molecular weight is 282 g/mol. The molecule has 0 fully saturated rings. The Morgan fingerprint density at radius 3 is 2.11 bits per heavy atom. The standard InChI is InChI=1S/C14H18O2S2/c1-5-12(14(17-3)18-4)13(15)10-6-8-11(16-2)9-7-10/h6-9H,5H2,1-4H3. The molecule has 1 aromatic carbocycles. The van der Waals surface area contributed by atoms with E-state index in [1.807, 2.05) is 43.7 Å². The van der Waals surface area contributed by atoms with E-state index in [0.717, 1.165) is 22.0 Å². The summed E-state index contributed by atoms with van der Waals surface area (Å²) in [5, 5.41) is 0. The first-order valence-corrected chi connectivity index (χ1v) is 8.12. The molecule has 0 amide bonds. The van der Waals surface area contributed by atoms with Crippen LogP contribution in [0.3, 0.4) is 0 Å². The largest absolute Gasteiger partial charge is 0.497 e. The Hall–Kier alpha value is -0.870. The summed E-state index contributed by atoms with van der Waals surface area (Å²) in [5.41, 5.74) is 1.61. The molecule has 0 saturated carbocycles. The molecular weight excluding hydrogens is 264 g/mol. The van der Waals surface area contributed by atoms with Gasteiger partial charge in [0.1, 0.15) is 5.75 Å². The van der Waals surface area contributed by atoms with E-state index in [4.69, 9.17) is 4.74 Å². The highest BCUT2D eigenvalue weighted by Gasteiger charge is 2.15. The lowest BCUT2D eigenvalue weighted by atomic mass is 10.0. The lowest BCUT2D eigenvalue weighted by molar-refractivity contribution is 0.103. The number of carbonyl (C=O) groups is 1. The van der Waals surface area contributed by atoms with E-state index in [9.17, 15) is 4.79 Å². The molecule has 0 aromatic heterocycles. The summed E-state index contributed by atoms with van der Waals surface area (Å²) in [5.74, 6) is 0.877. The maximum Gasteiger partial charge on any atom is 0.190 e. The monoisotopic (exact) mass is 282 g/mol. The number of rotatable bonds is 6. The number of hydrogen-bond donors (Lipinski definition) is 0. The average Bonchev–Trinajstić information content (AvgIpc) is 2.44. The van der Waals surface area contributed by atoms with E-state index in [1.54, 1.807) is 30.6 Å². The Bertz CT molecular complexity index is 430. The van der Waals surface area contributed by atoms with Crippen LogP contribution in [-0.4, -0.2) is 25.4 Å². The Labute approximate surface area is 117 Å². The predicted octanol–water partition coefficient (Wildman–Crippen LogP) is 4.23.